The van der Waals surface area contributed by atoms with Gasteiger partial charge in [0.2, 0.25) is 0 Å². The van der Waals surface area contributed by atoms with E-state index < -0.39 is 8.07 Å². The Bertz CT molecular complexity index is 377. The van der Waals surface area contributed by atoms with Crippen molar-refractivity contribution < 1.29 is 41.5 Å². The van der Waals surface area contributed by atoms with Crippen LogP contribution in [0, 0.1) is 18.1 Å². The molecule has 1 amide bonds. The van der Waals surface area contributed by atoms with E-state index in [1.54, 1.807) is 32.6 Å². The van der Waals surface area contributed by atoms with Crippen LogP contribution in [-0.4, -0.2) is 53.6 Å². The summed E-state index contributed by atoms with van der Waals surface area (Å²) in [5, 5.41) is 16.1. The van der Waals surface area contributed by atoms with Gasteiger partial charge in [-0.15, -0.1) is 0 Å². The molecule has 0 saturated heterocycles. The van der Waals surface area contributed by atoms with Gasteiger partial charge < -0.3 is 25.4 Å². The number of nitrogens with zero attached hydrogens (tertiary/aromatic N) is 1. The number of rotatable bonds is 3. The Balaban J connectivity index is -0.000000226. The quantitative estimate of drug-likeness (QED) is 0.409. The van der Waals surface area contributed by atoms with Crippen molar-refractivity contribution in [3.8, 4) is 11.5 Å². The molecular weight excluding hydrogens is 382 g/mol. The smallest absolute Gasteiger partial charge is 0.398 e. The average molecular weight is 422 g/mol. The van der Waals surface area contributed by atoms with Crippen molar-refractivity contribution in [3.63, 3.8) is 0 Å². The van der Waals surface area contributed by atoms with Crippen molar-refractivity contribution in [2.24, 2.45) is 0 Å². The Morgan fingerprint density at radius 2 is 1.23 bits per heavy atom. The summed E-state index contributed by atoms with van der Waals surface area (Å²) in [6.07, 6.45) is -0.667. The first-order valence-corrected chi connectivity index (χ1v) is 12.3. The fraction of sp³-hybridized carbons (Fsp3) is 0.789. The maximum absolute atomic E-state index is 11.8. The Morgan fingerprint density at radius 1 is 0.923 bits per heavy atom. The molecule has 0 heterocycles. The predicted octanol–water partition coefficient (Wildman–Crippen LogP) is 4.06. The molecule has 7 heteroatoms. The molecule has 0 saturated carbocycles. The maximum atomic E-state index is 11.8. The molecule has 154 valence electrons. The molecule has 5 nitrogen and oxygen atoms in total. The van der Waals surface area contributed by atoms with Crippen LogP contribution in [0.2, 0.25) is 19.6 Å². The molecule has 0 aliphatic heterocycles. The SMILES string of the molecule is CC(C)N(C(=O)O[CH-]C#C[Si](C)(C)C)C(C)C.CC(C)O.CC(C)O.[Ti]. The standard InChI is InChI=1S/C13H24NO2Si.2C3H8O.Ti/c1-11(2)14(12(3)4)13(15)16-9-8-10-17(5,6)7;2*1-3(2)4;/h9,11-12H,1-7H3;2*3-4H,1-2H3;/q-1;;;. The van der Waals surface area contributed by atoms with Crippen LogP contribution in [0.15, 0.2) is 0 Å². The molecule has 0 fully saturated rings. The van der Waals surface area contributed by atoms with Crippen molar-refractivity contribution in [2.75, 3.05) is 0 Å². The summed E-state index contributed by atoms with van der Waals surface area (Å²) >= 11 is 0. The van der Waals surface area contributed by atoms with Gasteiger partial charge >= 0.3 is 6.09 Å². The second-order valence-electron chi connectivity index (χ2n) is 7.80. The third-order valence-electron chi connectivity index (χ3n) is 1.99. The largest absolute Gasteiger partial charge is 0.503 e. The number of hydrogen-bond donors (Lipinski definition) is 2. The fourth-order valence-corrected chi connectivity index (χ4v) is 1.90. The molecule has 0 aliphatic rings. The molecule has 2 N–H and O–H groups in total. The van der Waals surface area contributed by atoms with Gasteiger partial charge in [-0.1, -0.05) is 19.6 Å². The van der Waals surface area contributed by atoms with Crippen LogP contribution in [0.25, 0.3) is 0 Å². The molecule has 26 heavy (non-hydrogen) atoms. The predicted molar refractivity (Wildman–Crippen MR) is 109 cm³/mol. The zero-order valence-corrected chi connectivity index (χ0v) is 21.1. The van der Waals surface area contributed by atoms with Gasteiger partial charge in [-0.25, -0.2) is 4.79 Å². The summed E-state index contributed by atoms with van der Waals surface area (Å²) in [4.78, 5) is 13.5. The third-order valence-corrected chi connectivity index (χ3v) is 2.88. The van der Waals surface area contributed by atoms with Crippen LogP contribution < -0.4 is 0 Å². The minimum absolute atomic E-state index is 0. The first-order valence-electron chi connectivity index (χ1n) is 8.81. The average Bonchev–Trinajstić information content (AvgIpc) is 2.31. The second-order valence-corrected chi connectivity index (χ2v) is 12.6. The number of carbonyl (C=O) groups excluding carboxylic acids is 1. The molecule has 0 aromatic heterocycles. The summed E-state index contributed by atoms with van der Waals surface area (Å²) in [5.74, 6) is 2.81. The molecular formula is C19H40NO4SiTi-. The number of hydrogen-bond acceptors (Lipinski definition) is 4. The summed E-state index contributed by atoms with van der Waals surface area (Å²) < 4.78 is 5.03. The molecule has 0 atom stereocenters. The molecule has 0 rings (SSSR count). The molecule has 0 aromatic rings. The summed E-state index contributed by atoms with van der Waals surface area (Å²) in [5.41, 5.74) is 3.11. The van der Waals surface area contributed by atoms with E-state index in [1.165, 1.54) is 6.61 Å². The molecule has 0 aliphatic carbocycles. The molecule has 0 spiro atoms. The first kappa shape index (κ1) is 33.2. The minimum Gasteiger partial charge on any atom is -0.503 e. The van der Waals surface area contributed by atoms with Crippen molar-refractivity contribution >= 4 is 14.2 Å². The number of aliphatic hydroxyl groups is 2. The van der Waals surface area contributed by atoms with Gasteiger partial charge in [-0.05, 0) is 62.0 Å². The summed E-state index contributed by atoms with van der Waals surface area (Å²) in [6.45, 7) is 22.5. The Labute approximate surface area is 177 Å². The van der Waals surface area contributed by atoms with Gasteiger partial charge in [0, 0.05) is 54.1 Å². The number of carbonyl (C=O) groups is 1. The molecule has 0 unspecified atom stereocenters. The fourth-order valence-electron chi connectivity index (χ4n) is 1.40. The van der Waals surface area contributed by atoms with Crippen molar-refractivity contribution in [2.45, 2.75) is 99.3 Å². The normalized spacial score (nSPS) is 9.88. The van der Waals surface area contributed by atoms with Gasteiger partial charge in [-0.2, -0.15) is 0 Å². The van der Waals surface area contributed by atoms with Crippen molar-refractivity contribution in [3.05, 3.63) is 6.61 Å². The zero-order valence-electron chi connectivity index (χ0n) is 18.5. The van der Waals surface area contributed by atoms with E-state index in [0.717, 1.165) is 0 Å². The van der Waals surface area contributed by atoms with E-state index in [0.29, 0.717) is 0 Å². The van der Waals surface area contributed by atoms with Crippen LogP contribution in [0.4, 0.5) is 4.79 Å². The van der Waals surface area contributed by atoms with E-state index in [-0.39, 0.29) is 52.1 Å². The monoisotopic (exact) mass is 422 g/mol. The van der Waals surface area contributed by atoms with Crippen LogP contribution in [0.5, 0.6) is 0 Å². The van der Waals surface area contributed by atoms with E-state index >= 15 is 0 Å². The number of ether oxygens (including phenoxy) is 1. The van der Waals surface area contributed by atoms with E-state index in [2.05, 4.69) is 31.1 Å². The van der Waals surface area contributed by atoms with Crippen LogP contribution in [-0.2, 0) is 26.5 Å². The van der Waals surface area contributed by atoms with E-state index in [1.807, 2.05) is 27.7 Å². The van der Waals surface area contributed by atoms with Crippen LogP contribution in [0.3, 0.4) is 0 Å². The van der Waals surface area contributed by atoms with Gasteiger partial charge in [-0.3, -0.25) is 5.92 Å². The topological polar surface area (TPSA) is 70.0 Å². The zero-order chi connectivity index (χ0) is 20.8. The van der Waals surface area contributed by atoms with Gasteiger partial charge in [0.05, 0.1) is 0 Å². The second kappa shape index (κ2) is 17.9. The number of aliphatic hydroxyl groups excluding tert-OH is 2. The maximum Gasteiger partial charge on any atom is 0.398 e. The van der Waals surface area contributed by atoms with Crippen molar-refractivity contribution in [1.82, 2.24) is 4.90 Å². The minimum atomic E-state index is -1.40. The first-order chi connectivity index (χ1) is 11.1. The number of amides is 1. The Morgan fingerprint density at radius 3 is 1.46 bits per heavy atom. The van der Waals surface area contributed by atoms with E-state index in [9.17, 15) is 4.79 Å². The van der Waals surface area contributed by atoms with E-state index in [4.69, 9.17) is 14.9 Å². The molecule has 0 bridgehead atoms. The Kier molecular flexibility index (Phi) is 22.9. The molecule has 0 radical (unpaired) electrons. The Hall–Kier alpha value is -0.449. The van der Waals surface area contributed by atoms with Gasteiger partial charge in [0.1, 0.15) is 0 Å². The van der Waals surface area contributed by atoms with Crippen LogP contribution in [0.1, 0.15) is 55.4 Å². The molecule has 0 aromatic carbocycles. The summed E-state index contributed by atoms with van der Waals surface area (Å²) in [6, 6.07) is 0.252. The third kappa shape index (κ3) is 31.3. The van der Waals surface area contributed by atoms with Crippen molar-refractivity contribution in [1.29, 1.82) is 0 Å². The van der Waals surface area contributed by atoms with Gasteiger partial charge in [0.15, 0.2) is 0 Å². The summed E-state index contributed by atoms with van der Waals surface area (Å²) in [7, 11) is -1.40. The van der Waals surface area contributed by atoms with Crippen LogP contribution >= 0.6 is 0 Å². The van der Waals surface area contributed by atoms with Gasteiger partial charge in [0.25, 0.3) is 0 Å².